The summed E-state index contributed by atoms with van der Waals surface area (Å²) in [6.45, 7) is 1.97. The lowest BCUT2D eigenvalue weighted by Gasteiger charge is -2.25. The van der Waals surface area contributed by atoms with Gasteiger partial charge in [-0.25, -0.2) is 0 Å². The molecule has 0 saturated carbocycles. The Balaban J connectivity index is 2.51. The highest BCUT2D eigenvalue weighted by Gasteiger charge is 2.30. The van der Waals surface area contributed by atoms with Crippen molar-refractivity contribution in [2.45, 2.75) is 19.1 Å². The second-order valence-electron chi connectivity index (χ2n) is 4.41. The summed E-state index contributed by atoms with van der Waals surface area (Å²) in [6, 6.07) is 14.1. The van der Waals surface area contributed by atoms with Crippen molar-refractivity contribution in [3.63, 3.8) is 0 Å². The molecule has 3 heteroatoms. The minimum Gasteiger partial charge on any atom is -0.497 e. The summed E-state index contributed by atoms with van der Waals surface area (Å²) in [5.74, 6) is -1.27. The molecule has 0 unspecified atom stereocenters. The highest BCUT2D eigenvalue weighted by molar-refractivity contribution is 5.42. The third-order valence-electron chi connectivity index (χ3n) is 3.25. The molecule has 0 heterocycles. The van der Waals surface area contributed by atoms with Gasteiger partial charge in [0.1, 0.15) is 5.75 Å². The van der Waals surface area contributed by atoms with E-state index in [2.05, 4.69) is 0 Å². The highest BCUT2D eigenvalue weighted by Crippen LogP contribution is 2.31. The van der Waals surface area contributed by atoms with E-state index >= 15 is 0 Å². The van der Waals surface area contributed by atoms with E-state index < -0.39 is 5.79 Å². The second-order valence-corrected chi connectivity index (χ2v) is 4.41. The molecule has 0 aliphatic carbocycles. The summed E-state index contributed by atoms with van der Waals surface area (Å²) in [4.78, 5) is 0. The van der Waals surface area contributed by atoms with Crippen LogP contribution >= 0.6 is 0 Å². The Morgan fingerprint density at radius 1 is 1.05 bits per heavy atom. The molecule has 0 fully saturated rings. The first-order valence-corrected chi connectivity index (χ1v) is 6.27. The third-order valence-corrected chi connectivity index (χ3v) is 3.25. The zero-order chi connectivity index (χ0) is 13.9. The molecule has 2 rings (SSSR count). The monoisotopic (exact) mass is 258 g/mol. The molecule has 2 aromatic rings. The fourth-order valence-electron chi connectivity index (χ4n) is 2.16. The van der Waals surface area contributed by atoms with E-state index in [1.807, 2.05) is 19.1 Å². The SMILES string of the molecule is CCc1cc(OC)ccc1C(O)(O)c1ccccc1. The van der Waals surface area contributed by atoms with Gasteiger partial charge in [0.05, 0.1) is 7.11 Å². The standard InChI is InChI=1S/C16H18O3/c1-3-12-11-14(19-2)9-10-15(12)16(17,18)13-7-5-4-6-8-13/h4-11,17-18H,3H2,1-2H3. The first-order valence-electron chi connectivity index (χ1n) is 6.27. The van der Waals surface area contributed by atoms with E-state index in [0.717, 1.165) is 5.56 Å². The molecule has 0 aliphatic heterocycles. The number of methoxy groups -OCH3 is 1. The molecule has 0 spiro atoms. The molecule has 19 heavy (non-hydrogen) atoms. The topological polar surface area (TPSA) is 49.7 Å². The average Bonchev–Trinajstić information content (AvgIpc) is 2.47. The van der Waals surface area contributed by atoms with Gasteiger partial charge in [0, 0.05) is 11.1 Å². The number of hydrogen-bond donors (Lipinski definition) is 2. The fraction of sp³-hybridized carbons (Fsp3) is 0.250. The van der Waals surface area contributed by atoms with Crippen LogP contribution in [-0.4, -0.2) is 17.3 Å². The zero-order valence-corrected chi connectivity index (χ0v) is 11.1. The number of aliphatic hydroxyl groups is 2. The van der Waals surface area contributed by atoms with Crippen LogP contribution in [0.15, 0.2) is 48.5 Å². The Bertz CT molecular complexity index is 547. The maximum absolute atomic E-state index is 10.4. The van der Waals surface area contributed by atoms with E-state index in [1.165, 1.54) is 0 Å². The Morgan fingerprint density at radius 3 is 2.32 bits per heavy atom. The largest absolute Gasteiger partial charge is 0.497 e. The van der Waals surface area contributed by atoms with Crippen molar-refractivity contribution < 1.29 is 14.9 Å². The minimum absolute atomic E-state index is 0.454. The first kappa shape index (κ1) is 13.6. The molecule has 0 bridgehead atoms. The molecule has 0 aromatic heterocycles. The lowest BCUT2D eigenvalue weighted by atomic mass is 9.92. The maximum atomic E-state index is 10.4. The van der Waals surface area contributed by atoms with Gasteiger partial charge < -0.3 is 14.9 Å². The van der Waals surface area contributed by atoms with Crippen LogP contribution in [0.5, 0.6) is 5.75 Å². The molecule has 2 aromatic carbocycles. The van der Waals surface area contributed by atoms with Gasteiger partial charge in [-0.05, 0) is 30.2 Å². The molecule has 100 valence electrons. The summed E-state index contributed by atoms with van der Waals surface area (Å²) in [6.07, 6.45) is 0.697. The second kappa shape index (κ2) is 5.43. The summed E-state index contributed by atoms with van der Waals surface area (Å²) in [5, 5.41) is 20.9. The van der Waals surface area contributed by atoms with Crippen molar-refractivity contribution in [2.24, 2.45) is 0 Å². The summed E-state index contributed by atoms with van der Waals surface area (Å²) in [7, 11) is 1.59. The highest BCUT2D eigenvalue weighted by atomic mass is 16.5. The van der Waals surface area contributed by atoms with Crippen LogP contribution in [-0.2, 0) is 12.2 Å². The van der Waals surface area contributed by atoms with E-state index in [4.69, 9.17) is 4.74 Å². The molecule has 0 atom stereocenters. The van der Waals surface area contributed by atoms with Crippen LogP contribution in [0.4, 0.5) is 0 Å². The normalized spacial score (nSPS) is 11.4. The van der Waals surface area contributed by atoms with Crippen molar-refractivity contribution in [1.82, 2.24) is 0 Å². The Labute approximate surface area is 113 Å². The van der Waals surface area contributed by atoms with Crippen molar-refractivity contribution in [3.05, 3.63) is 65.2 Å². The summed E-state index contributed by atoms with van der Waals surface area (Å²) < 4.78 is 5.17. The Hall–Kier alpha value is -1.84. The van der Waals surface area contributed by atoms with Gasteiger partial charge in [0.25, 0.3) is 0 Å². The lowest BCUT2D eigenvalue weighted by Crippen LogP contribution is -2.27. The van der Waals surface area contributed by atoms with Crippen LogP contribution in [0.3, 0.4) is 0 Å². The van der Waals surface area contributed by atoms with Crippen LogP contribution in [0.1, 0.15) is 23.6 Å². The van der Waals surface area contributed by atoms with Crippen LogP contribution in [0.25, 0.3) is 0 Å². The molecule has 0 aliphatic rings. The smallest absolute Gasteiger partial charge is 0.217 e. The van der Waals surface area contributed by atoms with Crippen LogP contribution in [0.2, 0.25) is 0 Å². The lowest BCUT2D eigenvalue weighted by molar-refractivity contribution is -0.132. The molecule has 3 nitrogen and oxygen atoms in total. The molecule has 0 saturated heterocycles. The zero-order valence-electron chi connectivity index (χ0n) is 11.1. The van der Waals surface area contributed by atoms with Gasteiger partial charge in [-0.1, -0.05) is 37.3 Å². The van der Waals surface area contributed by atoms with Crippen molar-refractivity contribution >= 4 is 0 Å². The Kier molecular flexibility index (Phi) is 3.88. The van der Waals surface area contributed by atoms with Gasteiger partial charge in [-0.2, -0.15) is 0 Å². The predicted molar refractivity (Wildman–Crippen MR) is 74.0 cm³/mol. The van der Waals surface area contributed by atoms with Gasteiger partial charge in [-0.15, -0.1) is 0 Å². The number of hydrogen-bond acceptors (Lipinski definition) is 3. The van der Waals surface area contributed by atoms with Gasteiger partial charge in [0.15, 0.2) is 0 Å². The van der Waals surface area contributed by atoms with Crippen molar-refractivity contribution in [2.75, 3.05) is 7.11 Å². The van der Waals surface area contributed by atoms with Crippen LogP contribution in [0, 0.1) is 0 Å². The first-order chi connectivity index (χ1) is 9.09. The molecule has 0 radical (unpaired) electrons. The van der Waals surface area contributed by atoms with Gasteiger partial charge in [0.2, 0.25) is 5.79 Å². The van der Waals surface area contributed by atoms with E-state index in [-0.39, 0.29) is 0 Å². The van der Waals surface area contributed by atoms with Crippen molar-refractivity contribution in [1.29, 1.82) is 0 Å². The van der Waals surface area contributed by atoms with E-state index in [9.17, 15) is 10.2 Å². The predicted octanol–water partition coefficient (Wildman–Crippen LogP) is 2.44. The van der Waals surface area contributed by atoms with Gasteiger partial charge >= 0.3 is 0 Å². The van der Waals surface area contributed by atoms with E-state index in [0.29, 0.717) is 23.3 Å². The molecular formula is C16H18O3. The quantitative estimate of drug-likeness (QED) is 0.828. The summed E-state index contributed by atoms with van der Waals surface area (Å²) >= 11 is 0. The maximum Gasteiger partial charge on any atom is 0.217 e. The fourth-order valence-corrected chi connectivity index (χ4v) is 2.16. The average molecular weight is 258 g/mol. The Morgan fingerprint density at radius 2 is 1.74 bits per heavy atom. The number of aryl methyl sites for hydroxylation is 1. The van der Waals surface area contributed by atoms with Crippen molar-refractivity contribution in [3.8, 4) is 5.75 Å². The number of ether oxygens (including phenoxy) is 1. The third kappa shape index (κ3) is 2.62. The minimum atomic E-state index is -1.99. The summed E-state index contributed by atoms with van der Waals surface area (Å²) in [5.41, 5.74) is 1.80. The van der Waals surface area contributed by atoms with E-state index in [1.54, 1.807) is 43.5 Å². The molecule has 2 N–H and O–H groups in total. The van der Waals surface area contributed by atoms with Crippen LogP contribution < -0.4 is 4.74 Å². The molecule has 0 amide bonds. The van der Waals surface area contributed by atoms with Gasteiger partial charge in [-0.3, -0.25) is 0 Å². The number of benzene rings is 2. The number of rotatable bonds is 4. The molecular weight excluding hydrogens is 240 g/mol.